The van der Waals surface area contributed by atoms with Gasteiger partial charge in [0.1, 0.15) is 11.4 Å². The van der Waals surface area contributed by atoms with E-state index in [1.807, 2.05) is 37.9 Å². The van der Waals surface area contributed by atoms with Crippen LogP contribution in [-0.2, 0) is 12.8 Å². The van der Waals surface area contributed by atoms with Crippen LogP contribution < -0.4 is 15.0 Å². The van der Waals surface area contributed by atoms with E-state index in [0.717, 1.165) is 53.5 Å². The van der Waals surface area contributed by atoms with Gasteiger partial charge in [0.15, 0.2) is 0 Å². The summed E-state index contributed by atoms with van der Waals surface area (Å²) < 4.78 is 6.40. The highest BCUT2D eigenvalue weighted by molar-refractivity contribution is 9.10. The average molecular weight is 626 g/mol. The zero-order chi connectivity index (χ0) is 30.1. The van der Waals surface area contributed by atoms with Crippen LogP contribution in [0.15, 0.2) is 47.1 Å². The number of nitrogens with zero attached hydrogens (tertiary/aromatic N) is 5. The molecule has 1 aromatic heterocycles. The van der Waals surface area contributed by atoms with E-state index in [1.54, 1.807) is 19.4 Å². The molecule has 220 valence electrons. The van der Waals surface area contributed by atoms with E-state index in [-0.39, 0.29) is 10.6 Å². The maximum Gasteiger partial charge on any atom is 0.294 e. The summed E-state index contributed by atoms with van der Waals surface area (Å²) in [6.07, 6.45) is 8.01. The van der Waals surface area contributed by atoms with Crippen molar-refractivity contribution in [1.29, 1.82) is 0 Å². The van der Waals surface area contributed by atoms with Crippen molar-refractivity contribution in [1.82, 2.24) is 14.9 Å². The molecule has 0 atom stereocenters. The Bertz CT molecular complexity index is 1390. The lowest BCUT2D eigenvalue weighted by atomic mass is 9.90. The number of hydrogen-bond donors (Lipinski definition) is 1. The third kappa shape index (κ3) is 7.83. The van der Waals surface area contributed by atoms with E-state index < -0.39 is 0 Å². The predicted molar refractivity (Wildman–Crippen MR) is 172 cm³/mol. The number of aryl methyl sites for hydroxylation is 1. The van der Waals surface area contributed by atoms with E-state index >= 15 is 0 Å². The van der Waals surface area contributed by atoms with Crippen molar-refractivity contribution >= 4 is 44.5 Å². The molecule has 1 N–H and O–H groups in total. The Morgan fingerprint density at radius 2 is 1.95 bits per heavy atom. The van der Waals surface area contributed by atoms with Gasteiger partial charge in [0.25, 0.3) is 5.69 Å². The lowest BCUT2D eigenvalue weighted by Crippen LogP contribution is -2.28. The monoisotopic (exact) mass is 624 g/mol. The Labute approximate surface area is 251 Å². The Morgan fingerprint density at radius 1 is 1.20 bits per heavy atom. The SMILES string of the molecule is C/C=C(\c1cccc(CCCC)c1CC)c1nc(Nc2cc([N+](=O)[O-])c(N(C)CCN(C)C)cc2OC)ncc1Br. The zero-order valence-electron chi connectivity index (χ0n) is 25.1. The second-order valence-corrected chi connectivity index (χ2v) is 11.0. The summed E-state index contributed by atoms with van der Waals surface area (Å²) in [5.41, 5.74) is 6.42. The first kappa shape index (κ1) is 32.0. The lowest BCUT2D eigenvalue weighted by Gasteiger charge is -2.23. The van der Waals surface area contributed by atoms with Gasteiger partial charge in [0.05, 0.1) is 27.9 Å². The van der Waals surface area contributed by atoms with Crippen LogP contribution >= 0.6 is 15.9 Å². The normalized spacial score (nSPS) is 11.6. The Morgan fingerprint density at radius 3 is 2.56 bits per heavy atom. The fourth-order valence-corrected chi connectivity index (χ4v) is 5.21. The largest absolute Gasteiger partial charge is 0.494 e. The number of unbranched alkanes of at least 4 members (excludes halogenated alkanes) is 1. The number of allylic oxidation sites excluding steroid dienone is 1. The minimum atomic E-state index is -0.379. The van der Waals surface area contributed by atoms with Crippen molar-refractivity contribution < 1.29 is 9.66 Å². The molecule has 0 fully saturated rings. The topological polar surface area (TPSA) is 96.7 Å². The average Bonchev–Trinajstić information content (AvgIpc) is 2.96. The van der Waals surface area contributed by atoms with Crippen LogP contribution in [-0.4, -0.2) is 61.1 Å². The van der Waals surface area contributed by atoms with Crippen LogP contribution in [0, 0.1) is 10.1 Å². The molecule has 0 bridgehead atoms. The second-order valence-electron chi connectivity index (χ2n) is 10.1. The van der Waals surface area contributed by atoms with E-state index in [2.05, 4.69) is 64.4 Å². The number of nitrogens with one attached hydrogen (secondary N) is 1. The minimum Gasteiger partial charge on any atom is -0.494 e. The standard InChI is InChI=1S/C31H41BrN6O3/c1-8-11-13-21-14-12-15-24(22(21)9-2)23(10-3)30-25(32)20-33-31(35-30)34-26-18-28(38(39)40)27(19-29(26)41-7)37(6)17-16-36(4)5/h10,12,14-15,18-20H,8-9,11,13,16-17H2,1-7H3,(H,33,34,35)/b23-10+. The summed E-state index contributed by atoms with van der Waals surface area (Å²) in [5.74, 6) is 0.766. The molecule has 3 rings (SSSR count). The molecule has 0 spiro atoms. The lowest BCUT2D eigenvalue weighted by molar-refractivity contribution is -0.384. The third-order valence-corrected chi connectivity index (χ3v) is 7.62. The van der Waals surface area contributed by atoms with E-state index in [0.29, 0.717) is 29.6 Å². The van der Waals surface area contributed by atoms with Crippen molar-refractivity contribution in [2.45, 2.75) is 46.5 Å². The molecule has 0 aliphatic rings. The fourth-order valence-electron chi connectivity index (χ4n) is 4.81. The molecule has 0 aliphatic heterocycles. The zero-order valence-corrected chi connectivity index (χ0v) is 26.7. The quantitative estimate of drug-likeness (QED) is 0.148. The molecule has 0 unspecified atom stereocenters. The number of nitro groups is 1. The van der Waals surface area contributed by atoms with E-state index in [9.17, 15) is 10.1 Å². The van der Waals surface area contributed by atoms with Crippen molar-refractivity contribution in [3.8, 4) is 5.75 Å². The Hall–Kier alpha value is -3.50. The first-order valence-electron chi connectivity index (χ1n) is 13.9. The van der Waals surface area contributed by atoms with Crippen LogP contribution in [0.4, 0.5) is 23.0 Å². The molecule has 41 heavy (non-hydrogen) atoms. The number of benzene rings is 2. The van der Waals surface area contributed by atoms with E-state index in [4.69, 9.17) is 9.72 Å². The highest BCUT2D eigenvalue weighted by Crippen LogP contribution is 2.39. The van der Waals surface area contributed by atoms with Crippen molar-refractivity contribution in [3.63, 3.8) is 0 Å². The number of ether oxygens (including phenoxy) is 1. The first-order chi connectivity index (χ1) is 19.6. The molecule has 9 nitrogen and oxygen atoms in total. The smallest absolute Gasteiger partial charge is 0.294 e. The van der Waals surface area contributed by atoms with Gasteiger partial charge in [0, 0.05) is 44.0 Å². The van der Waals surface area contributed by atoms with Crippen LogP contribution in [0.1, 0.15) is 56.0 Å². The number of hydrogen-bond acceptors (Lipinski definition) is 8. The number of nitro benzene ring substituents is 1. The molecule has 0 radical (unpaired) electrons. The molecule has 0 amide bonds. The molecule has 2 aromatic carbocycles. The molecular weight excluding hydrogens is 584 g/mol. The van der Waals surface area contributed by atoms with Gasteiger partial charge in [0.2, 0.25) is 5.95 Å². The number of anilines is 3. The van der Waals surface area contributed by atoms with Gasteiger partial charge in [-0.15, -0.1) is 0 Å². The fraction of sp³-hybridized carbons (Fsp3) is 0.419. The van der Waals surface area contributed by atoms with Crippen molar-refractivity contribution in [2.24, 2.45) is 0 Å². The van der Waals surface area contributed by atoms with Crippen LogP contribution in [0.25, 0.3) is 5.57 Å². The Kier molecular flexibility index (Phi) is 11.7. The van der Waals surface area contributed by atoms with E-state index in [1.165, 1.54) is 17.2 Å². The van der Waals surface area contributed by atoms with Gasteiger partial charge in [-0.25, -0.2) is 9.97 Å². The predicted octanol–water partition coefficient (Wildman–Crippen LogP) is 7.25. The molecular formula is C31H41BrN6O3. The summed E-state index contributed by atoms with van der Waals surface area (Å²) in [4.78, 5) is 24.9. The molecule has 0 aliphatic carbocycles. The molecule has 0 saturated carbocycles. The van der Waals surface area contributed by atoms with Crippen LogP contribution in [0.5, 0.6) is 5.75 Å². The molecule has 0 saturated heterocycles. The minimum absolute atomic E-state index is 0.0301. The van der Waals surface area contributed by atoms with Gasteiger partial charge in [-0.05, 0) is 72.9 Å². The number of halogens is 1. The number of methoxy groups -OCH3 is 1. The summed E-state index contributed by atoms with van der Waals surface area (Å²) in [6.45, 7) is 7.77. The second kappa shape index (κ2) is 14.9. The third-order valence-electron chi connectivity index (χ3n) is 7.04. The van der Waals surface area contributed by atoms with Gasteiger partial charge in [-0.3, -0.25) is 10.1 Å². The van der Waals surface area contributed by atoms with Crippen LogP contribution in [0.2, 0.25) is 0 Å². The highest BCUT2D eigenvalue weighted by atomic mass is 79.9. The maximum atomic E-state index is 12.1. The van der Waals surface area contributed by atoms with Crippen molar-refractivity contribution in [3.05, 3.63) is 79.6 Å². The van der Waals surface area contributed by atoms with Gasteiger partial charge in [-0.1, -0.05) is 44.5 Å². The maximum absolute atomic E-state index is 12.1. The number of rotatable bonds is 14. The summed E-state index contributed by atoms with van der Waals surface area (Å²) in [5, 5.41) is 15.2. The van der Waals surface area contributed by atoms with Crippen LogP contribution in [0.3, 0.4) is 0 Å². The van der Waals surface area contributed by atoms with Gasteiger partial charge < -0.3 is 19.9 Å². The molecule has 10 heteroatoms. The van der Waals surface area contributed by atoms with Crippen molar-refractivity contribution in [2.75, 3.05) is 51.6 Å². The Balaban J connectivity index is 2.04. The summed E-state index contributed by atoms with van der Waals surface area (Å²) in [7, 11) is 7.31. The van der Waals surface area contributed by atoms with Gasteiger partial charge >= 0.3 is 0 Å². The molecule has 1 heterocycles. The number of likely N-dealkylation sites (N-methyl/N-ethyl adjacent to an activating group) is 2. The number of aromatic nitrogens is 2. The first-order valence-corrected chi connectivity index (χ1v) is 14.7. The van der Waals surface area contributed by atoms with Gasteiger partial charge in [-0.2, -0.15) is 0 Å². The summed E-state index contributed by atoms with van der Waals surface area (Å²) >= 11 is 3.65. The highest BCUT2D eigenvalue weighted by Gasteiger charge is 2.23. The summed E-state index contributed by atoms with van der Waals surface area (Å²) in [6, 6.07) is 9.63. The molecule has 3 aromatic rings.